The molecule has 0 heterocycles. The summed E-state index contributed by atoms with van der Waals surface area (Å²) in [4.78, 5) is 8.67. The van der Waals surface area contributed by atoms with Crippen molar-refractivity contribution in [2.24, 2.45) is 10.7 Å². The van der Waals surface area contributed by atoms with Crippen molar-refractivity contribution in [3.05, 3.63) is 0 Å². The maximum atomic E-state index is 5.93. The standard InChI is InChI=1S/C11H26N4/c1-5-7-13-11(12)15(8-6-2)10-9-14(3)4/h5-10H2,1-4H3,(H2,12,13). The van der Waals surface area contributed by atoms with Crippen LogP contribution in [0.2, 0.25) is 0 Å². The van der Waals surface area contributed by atoms with Gasteiger partial charge in [-0.05, 0) is 26.9 Å². The van der Waals surface area contributed by atoms with E-state index in [2.05, 4.69) is 42.7 Å². The van der Waals surface area contributed by atoms with Gasteiger partial charge in [-0.3, -0.25) is 4.99 Å². The first-order chi connectivity index (χ1) is 7.11. The van der Waals surface area contributed by atoms with Gasteiger partial charge in [0.1, 0.15) is 0 Å². The summed E-state index contributed by atoms with van der Waals surface area (Å²) >= 11 is 0. The van der Waals surface area contributed by atoms with Crippen LogP contribution < -0.4 is 5.73 Å². The zero-order valence-electron chi connectivity index (χ0n) is 10.7. The van der Waals surface area contributed by atoms with E-state index in [9.17, 15) is 0 Å². The molecule has 0 radical (unpaired) electrons. The smallest absolute Gasteiger partial charge is 0.191 e. The minimum absolute atomic E-state index is 0.695. The molecular formula is C11H26N4. The van der Waals surface area contributed by atoms with E-state index in [1.807, 2.05) is 0 Å². The van der Waals surface area contributed by atoms with E-state index in [4.69, 9.17) is 5.73 Å². The third-order valence-electron chi connectivity index (χ3n) is 2.13. The summed E-state index contributed by atoms with van der Waals surface area (Å²) in [5.41, 5.74) is 5.93. The Balaban J connectivity index is 4.11. The average Bonchev–Trinajstić information content (AvgIpc) is 2.20. The molecule has 0 aromatic carbocycles. The Kier molecular flexibility index (Phi) is 8.09. The van der Waals surface area contributed by atoms with Gasteiger partial charge >= 0.3 is 0 Å². The fraction of sp³-hybridized carbons (Fsp3) is 0.909. The van der Waals surface area contributed by atoms with Crippen LogP contribution >= 0.6 is 0 Å². The first-order valence-electron chi connectivity index (χ1n) is 5.81. The first-order valence-corrected chi connectivity index (χ1v) is 5.81. The van der Waals surface area contributed by atoms with E-state index in [0.29, 0.717) is 5.96 Å². The molecule has 4 heteroatoms. The van der Waals surface area contributed by atoms with Crippen molar-refractivity contribution in [2.75, 3.05) is 40.3 Å². The molecule has 0 unspecified atom stereocenters. The second-order valence-corrected chi connectivity index (χ2v) is 4.03. The molecule has 0 saturated heterocycles. The summed E-state index contributed by atoms with van der Waals surface area (Å²) < 4.78 is 0. The van der Waals surface area contributed by atoms with Crippen molar-refractivity contribution in [1.82, 2.24) is 9.80 Å². The van der Waals surface area contributed by atoms with Gasteiger partial charge in [-0.25, -0.2) is 0 Å². The first kappa shape index (κ1) is 14.2. The SMILES string of the molecule is CCCN=C(N)N(CCC)CCN(C)C. The van der Waals surface area contributed by atoms with Crippen LogP contribution in [0.3, 0.4) is 0 Å². The van der Waals surface area contributed by atoms with Crippen LogP contribution in [0, 0.1) is 0 Å². The molecule has 0 spiro atoms. The van der Waals surface area contributed by atoms with Crippen LogP contribution in [0.5, 0.6) is 0 Å². The molecule has 4 nitrogen and oxygen atoms in total. The van der Waals surface area contributed by atoms with Gasteiger partial charge in [-0.2, -0.15) is 0 Å². The lowest BCUT2D eigenvalue weighted by atomic mass is 10.4. The maximum Gasteiger partial charge on any atom is 0.191 e. The fourth-order valence-corrected chi connectivity index (χ4v) is 1.26. The van der Waals surface area contributed by atoms with Gasteiger partial charge in [0.2, 0.25) is 0 Å². The highest BCUT2D eigenvalue weighted by molar-refractivity contribution is 5.78. The van der Waals surface area contributed by atoms with E-state index in [-0.39, 0.29) is 0 Å². The van der Waals surface area contributed by atoms with Crippen molar-refractivity contribution < 1.29 is 0 Å². The van der Waals surface area contributed by atoms with Crippen molar-refractivity contribution in [3.8, 4) is 0 Å². The third-order valence-corrected chi connectivity index (χ3v) is 2.13. The molecule has 15 heavy (non-hydrogen) atoms. The fourth-order valence-electron chi connectivity index (χ4n) is 1.26. The molecule has 0 aromatic heterocycles. The predicted molar refractivity (Wildman–Crippen MR) is 67.2 cm³/mol. The number of guanidine groups is 1. The molecule has 0 amide bonds. The van der Waals surface area contributed by atoms with Crippen LogP contribution in [0.15, 0.2) is 4.99 Å². The van der Waals surface area contributed by atoms with Crippen molar-refractivity contribution in [3.63, 3.8) is 0 Å². The second kappa shape index (κ2) is 8.53. The normalized spacial score (nSPS) is 12.2. The van der Waals surface area contributed by atoms with E-state index < -0.39 is 0 Å². The summed E-state index contributed by atoms with van der Waals surface area (Å²) in [7, 11) is 4.15. The van der Waals surface area contributed by atoms with Gasteiger partial charge in [-0.15, -0.1) is 0 Å². The highest BCUT2D eigenvalue weighted by Crippen LogP contribution is 1.93. The van der Waals surface area contributed by atoms with Crippen LogP contribution in [0.4, 0.5) is 0 Å². The van der Waals surface area contributed by atoms with Crippen molar-refractivity contribution in [2.45, 2.75) is 26.7 Å². The second-order valence-electron chi connectivity index (χ2n) is 4.03. The molecule has 0 aliphatic carbocycles. The lowest BCUT2D eigenvalue weighted by molar-refractivity contribution is 0.326. The van der Waals surface area contributed by atoms with Crippen LogP contribution in [0.1, 0.15) is 26.7 Å². The molecule has 0 aliphatic heterocycles. The lowest BCUT2D eigenvalue weighted by Gasteiger charge is -2.24. The number of rotatable bonds is 7. The average molecular weight is 214 g/mol. The molecule has 90 valence electrons. The van der Waals surface area contributed by atoms with E-state index in [1.54, 1.807) is 0 Å². The van der Waals surface area contributed by atoms with Gasteiger partial charge in [0.25, 0.3) is 0 Å². The minimum atomic E-state index is 0.695. The van der Waals surface area contributed by atoms with E-state index in [1.165, 1.54) is 0 Å². The Morgan fingerprint density at radius 2 is 1.73 bits per heavy atom. The number of likely N-dealkylation sites (N-methyl/N-ethyl adjacent to an activating group) is 1. The third kappa shape index (κ3) is 7.19. The number of nitrogens with two attached hydrogens (primary N) is 1. The molecular weight excluding hydrogens is 188 g/mol. The molecule has 2 N–H and O–H groups in total. The summed E-state index contributed by atoms with van der Waals surface area (Å²) in [5, 5.41) is 0. The Labute approximate surface area is 94.1 Å². The molecule has 0 atom stereocenters. The van der Waals surface area contributed by atoms with Crippen LogP contribution in [0.25, 0.3) is 0 Å². The van der Waals surface area contributed by atoms with Crippen molar-refractivity contribution in [1.29, 1.82) is 0 Å². The molecule has 0 rings (SSSR count). The molecule has 0 fully saturated rings. The summed E-state index contributed by atoms with van der Waals surface area (Å²) in [6.45, 7) is 8.07. The molecule has 0 saturated carbocycles. The topological polar surface area (TPSA) is 44.9 Å². The largest absolute Gasteiger partial charge is 0.370 e. The Morgan fingerprint density at radius 3 is 2.20 bits per heavy atom. The number of aliphatic imine (C=N–C) groups is 1. The highest BCUT2D eigenvalue weighted by Gasteiger charge is 2.06. The number of hydrogen-bond acceptors (Lipinski definition) is 2. The highest BCUT2D eigenvalue weighted by atomic mass is 15.3. The Bertz CT molecular complexity index is 177. The van der Waals surface area contributed by atoms with Gasteiger partial charge in [0.15, 0.2) is 5.96 Å². The zero-order valence-corrected chi connectivity index (χ0v) is 10.7. The maximum absolute atomic E-state index is 5.93. The van der Waals surface area contributed by atoms with Gasteiger partial charge in [-0.1, -0.05) is 13.8 Å². The minimum Gasteiger partial charge on any atom is -0.370 e. The van der Waals surface area contributed by atoms with Gasteiger partial charge in [0, 0.05) is 26.2 Å². The van der Waals surface area contributed by atoms with Gasteiger partial charge in [0.05, 0.1) is 0 Å². The monoisotopic (exact) mass is 214 g/mol. The number of hydrogen-bond donors (Lipinski definition) is 1. The summed E-state index contributed by atoms with van der Waals surface area (Å²) in [5.74, 6) is 0.695. The summed E-state index contributed by atoms with van der Waals surface area (Å²) in [6.07, 6.45) is 2.16. The van der Waals surface area contributed by atoms with E-state index in [0.717, 1.165) is 39.0 Å². The lowest BCUT2D eigenvalue weighted by Crippen LogP contribution is -2.41. The Hall–Kier alpha value is -0.770. The zero-order chi connectivity index (χ0) is 11.7. The van der Waals surface area contributed by atoms with E-state index >= 15 is 0 Å². The summed E-state index contributed by atoms with van der Waals surface area (Å²) in [6, 6.07) is 0. The quantitative estimate of drug-likeness (QED) is 0.507. The van der Waals surface area contributed by atoms with Crippen molar-refractivity contribution >= 4 is 5.96 Å². The number of nitrogens with zero attached hydrogens (tertiary/aromatic N) is 3. The van der Waals surface area contributed by atoms with Crippen LogP contribution in [-0.4, -0.2) is 56.0 Å². The molecule has 0 aliphatic rings. The molecule has 0 bridgehead atoms. The van der Waals surface area contributed by atoms with Gasteiger partial charge < -0.3 is 15.5 Å². The van der Waals surface area contributed by atoms with Crippen LogP contribution in [-0.2, 0) is 0 Å². The Morgan fingerprint density at radius 1 is 1.07 bits per heavy atom. The molecule has 0 aromatic rings. The predicted octanol–water partition coefficient (Wildman–Crippen LogP) is 0.985.